The van der Waals surface area contributed by atoms with E-state index in [-0.39, 0.29) is 0 Å². The first-order valence-corrected chi connectivity index (χ1v) is 5.88. The van der Waals surface area contributed by atoms with E-state index in [2.05, 4.69) is 34.5 Å². The van der Waals surface area contributed by atoms with Crippen molar-refractivity contribution < 1.29 is 0 Å². The van der Waals surface area contributed by atoms with Gasteiger partial charge in [0.2, 0.25) is 0 Å². The molecule has 2 aromatic carbocycles. The fourth-order valence-electron chi connectivity index (χ4n) is 2.02. The summed E-state index contributed by atoms with van der Waals surface area (Å²) in [7, 11) is 0. The van der Waals surface area contributed by atoms with E-state index in [9.17, 15) is 0 Å². The highest BCUT2D eigenvalue weighted by molar-refractivity contribution is 5.81. The van der Waals surface area contributed by atoms with Crippen LogP contribution in [-0.2, 0) is 0 Å². The third-order valence-corrected chi connectivity index (χ3v) is 2.86. The van der Waals surface area contributed by atoms with Gasteiger partial charge in [-0.1, -0.05) is 54.6 Å². The first kappa shape index (κ1) is 10.7. The summed E-state index contributed by atoms with van der Waals surface area (Å²) in [6, 6.07) is 22.5. The van der Waals surface area contributed by atoms with E-state index in [1.165, 1.54) is 11.1 Å². The zero-order chi connectivity index (χ0) is 12.2. The fraction of sp³-hybridized carbons (Fsp3) is 0. The standard InChI is InChI=1S/C16H12N2/c1-2-7-13(8-3-1)14-9-4-5-10-15(14)16-11-6-12-17-18-16/h1-12H. The van der Waals surface area contributed by atoms with Crippen LogP contribution < -0.4 is 0 Å². The van der Waals surface area contributed by atoms with Crippen molar-refractivity contribution in [3.05, 3.63) is 72.9 Å². The first-order valence-electron chi connectivity index (χ1n) is 5.88. The molecule has 0 N–H and O–H groups in total. The fourth-order valence-corrected chi connectivity index (χ4v) is 2.02. The average molecular weight is 232 g/mol. The smallest absolute Gasteiger partial charge is 0.0935 e. The van der Waals surface area contributed by atoms with Crippen LogP contribution in [-0.4, -0.2) is 10.2 Å². The summed E-state index contributed by atoms with van der Waals surface area (Å²) in [5.41, 5.74) is 4.38. The summed E-state index contributed by atoms with van der Waals surface area (Å²) in [4.78, 5) is 0. The molecule has 0 fully saturated rings. The second-order valence-electron chi connectivity index (χ2n) is 4.02. The number of hydrogen-bond donors (Lipinski definition) is 0. The predicted octanol–water partition coefficient (Wildman–Crippen LogP) is 3.81. The van der Waals surface area contributed by atoms with Gasteiger partial charge in [0.25, 0.3) is 0 Å². The van der Waals surface area contributed by atoms with Crippen LogP contribution in [0.15, 0.2) is 72.9 Å². The second kappa shape index (κ2) is 4.80. The van der Waals surface area contributed by atoms with Gasteiger partial charge in [-0.05, 0) is 23.3 Å². The molecule has 86 valence electrons. The minimum Gasteiger partial charge on any atom is -0.159 e. The Kier molecular flexibility index (Phi) is 2.84. The van der Waals surface area contributed by atoms with E-state index in [4.69, 9.17) is 0 Å². The molecular formula is C16H12N2. The van der Waals surface area contributed by atoms with Gasteiger partial charge in [-0.3, -0.25) is 0 Å². The number of nitrogens with zero attached hydrogens (tertiary/aromatic N) is 2. The number of aromatic nitrogens is 2. The van der Waals surface area contributed by atoms with Crippen molar-refractivity contribution >= 4 is 0 Å². The molecule has 0 spiro atoms. The molecule has 0 atom stereocenters. The lowest BCUT2D eigenvalue weighted by Crippen LogP contribution is -1.89. The molecule has 0 aliphatic heterocycles. The summed E-state index contributed by atoms with van der Waals surface area (Å²) in [5, 5.41) is 8.13. The second-order valence-corrected chi connectivity index (χ2v) is 4.02. The molecule has 0 bridgehead atoms. The Morgan fingerprint density at radius 2 is 1.33 bits per heavy atom. The molecule has 0 aliphatic rings. The number of rotatable bonds is 2. The lowest BCUT2D eigenvalue weighted by atomic mass is 9.98. The van der Waals surface area contributed by atoms with Gasteiger partial charge in [0.15, 0.2) is 0 Å². The van der Waals surface area contributed by atoms with Crippen molar-refractivity contribution in [3.63, 3.8) is 0 Å². The normalized spacial score (nSPS) is 10.2. The van der Waals surface area contributed by atoms with E-state index in [1.807, 2.05) is 42.5 Å². The summed E-state index contributed by atoms with van der Waals surface area (Å²) in [6.07, 6.45) is 1.69. The first-order chi connectivity index (χ1) is 8.95. The Morgan fingerprint density at radius 1 is 0.611 bits per heavy atom. The lowest BCUT2D eigenvalue weighted by Gasteiger charge is -2.08. The van der Waals surface area contributed by atoms with E-state index in [0.29, 0.717) is 0 Å². The molecule has 1 aromatic heterocycles. The van der Waals surface area contributed by atoms with E-state index in [0.717, 1.165) is 11.3 Å². The van der Waals surface area contributed by atoms with Crippen LogP contribution >= 0.6 is 0 Å². The van der Waals surface area contributed by atoms with Crippen molar-refractivity contribution in [2.24, 2.45) is 0 Å². The highest BCUT2D eigenvalue weighted by atomic mass is 15.1. The van der Waals surface area contributed by atoms with Crippen LogP contribution in [0.25, 0.3) is 22.4 Å². The maximum absolute atomic E-state index is 4.19. The third kappa shape index (κ3) is 2.00. The third-order valence-electron chi connectivity index (χ3n) is 2.86. The quantitative estimate of drug-likeness (QED) is 0.671. The SMILES string of the molecule is c1ccc(-c2ccccc2-c2cccnn2)cc1. The van der Waals surface area contributed by atoms with Crippen molar-refractivity contribution in [2.75, 3.05) is 0 Å². The maximum Gasteiger partial charge on any atom is 0.0935 e. The Hall–Kier alpha value is -2.48. The van der Waals surface area contributed by atoms with Gasteiger partial charge in [-0.2, -0.15) is 10.2 Å². The predicted molar refractivity (Wildman–Crippen MR) is 72.9 cm³/mol. The molecule has 2 nitrogen and oxygen atoms in total. The molecular weight excluding hydrogens is 220 g/mol. The van der Waals surface area contributed by atoms with Crippen LogP contribution in [0.4, 0.5) is 0 Å². The zero-order valence-corrected chi connectivity index (χ0v) is 9.82. The molecule has 2 heteroatoms. The summed E-state index contributed by atoms with van der Waals surface area (Å²) in [6.45, 7) is 0. The van der Waals surface area contributed by atoms with Gasteiger partial charge >= 0.3 is 0 Å². The highest BCUT2D eigenvalue weighted by Gasteiger charge is 2.07. The van der Waals surface area contributed by atoms with Crippen LogP contribution in [0.1, 0.15) is 0 Å². The minimum absolute atomic E-state index is 0.900. The Labute approximate surface area is 106 Å². The Balaban J connectivity index is 2.18. The molecule has 0 saturated heterocycles. The Bertz CT molecular complexity index is 575. The van der Waals surface area contributed by atoms with E-state index < -0.39 is 0 Å². The van der Waals surface area contributed by atoms with E-state index in [1.54, 1.807) is 6.20 Å². The van der Waals surface area contributed by atoms with Gasteiger partial charge in [-0.15, -0.1) is 0 Å². The van der Waals surface area contributed by atoms with Crippen molar-refractivity contribution in [3.8, 4) is 22.4 Å². The minimum atomic E-state index is 0.900. The zero-order valence-electron chi connectivity index (χ0n) is 9.82. The molecule has 3 rings (SSSR count). The lowest BCUT2D eigenvalue weighted by molar-refractivity contribution is 1.04. The van der Waals surface area contributed by atoms with Crippen LogP contribution in [0.5, 0.6) is 0 Å². The summed E-state index contributed by atoms with van der Waals surface area (Å²) >= 11 is 0. The van der Waals surface area contributed by atoms with Gasteiger partial charge in [0.05, 0.1) is 5.69 Å². The molecule has 0 amide bonds. The highest BCUT2D eigenvalue weighted by Crippen LogP contribution is 2.30. The molecule has 0 saturated carbocycles. The molecule has 3 aromatic rings. The summed E-state index contributed by atoms with van der Waals surface area (Å²) < 4.78 is 0. The van der Waals surface area contributed by atoms with Gasteiger partial charge < -0.3 is 0 Å². The van der Waals surface area contributed by atoms with Crippen LogP contribution in [0, 0.1) is 0 Å². The monoisotopic (exact) mass is 232 g/mol. The largest absolute Gasteiger partial charge is 0.159 e. The molecule has 0 radical (unpaired) electrons. The number of hydrogen-bond acceptors (Lipinski definition) is 2. The topological polar surface area (TPSA) is 25.8 Å². The van der Waals surface area contributed by atoms with Gasteiger partial charge in [0.1, 0.15) is 0 Å². The van der Waals surface area contributed by atoms with Crippen molar-refractivity contribution in [1.82, 2.24) is 10.2 Å². The average Bonchev–Trinajstić information content (AvgIpc) is 2.49. The maximum atomic E-state index is 4.19. The molecule has 0 unspecified atom stereocenters. The van der Waals surface area contributed by atoms with E-state index >= 15 is 0 Å². The van der Waals surface area contributed by atoms with Crippen LogP contribution in [0.3, 0.4) is 0 Å². The van der Waals surface area contributed by atoms with Gasteiger partial charge in [-0.25, -0.2) is 0 Å². The molecule has 0 aliphatic carbocycles. The van der Waals surface area contributed by atoms with Crippen molar-refractivity contribution in [1.29, 1.82) is 0 Å². The van der Waals surface area contributed by atoms with Crippen LogP contribution in [0.2, 0.25) is 0 Å². The molecule has 1 heterocycles. The summed E-state index contributed by atoms with van der Waals surface area (Å²) in [5.74, 6) is 0. The Morgan fingerprint density at radius 3 is 2.06 bits per heavy atom. The number of benzene rings is 2. The molecule has 18 heavy (non-hydrogen) atoms. The van der Waals surface area contributed by atoms with Gasteiger partial charge in [0, 0.05) is 11.8 Å². The van der Waals surface area contributed by atoms with Crippen molar-refractivity contribution in [2.45, 2.75) is 0 Å².